The fourth-order valence-electron chi connectivity index (χ4n) is 10.6. The molecule has 0 aromatic heterocycles. The molecule has 0 rings (SSSR count). The van der Waals surface area contributed by atoms with Crippen LogP contribution in [0.5, 0.6) is 0 Å². The van der Waals surface area contributed by atoms with Crippen molar-refractivity contribution >= 4 is 11.9 Å². The van der Waals surface area contributed by atoms with E-state index in [4.69, 9.17) is 9.47 Å². The van der Waals surface area contributed by atoms with E-state index < -0.39 is 6.10 Å². The molecule has 1 N–H and O–H groups in total. The molecule has 1 atom stereocenters. The maximum atomic E-state index is 12.4. The summed E-state index contributed by atoms with van der Waals surface area (Å²) in [5.41, 5.74) is 0. The number of carbonyl (C=O) groups is 2. The van der Waals surface area contributed by atoms with Gasteiger partial charge in [-0.1, -0.05) is 344 Å². The quantitative estimate of drug-likeness (QED) is 0.0373. The van der Waals surface area contributed by atoms with Gasteiger partial charge in [0, 0.05) is 12.8 Å². The molecule has 0 heterocycles. The number of esters is 2. The van der Waals surface area contributed by atoms with Crippen molar-refractivity contribution in [2.24, 2.45) is 0 Å². The van der Waals surface area contributed by atoms with Gasteiger partial charge in [0.1, 0.15) is 6.61 Å². The SMILES string of the molecule is CC/C=C\C/C=C\C/C=C\C/C=C\CCCCCCCCCCCCCCCCCCC(=O)OC(CO)COC(=O)CCCCCCCCCCCCCCCCCCCCCCCCC/C=C\CCCCCCCCCC. The Bertz CT molecular complexity index is 1330. The van der Waals surface area contributed by atoms with Crippen molar-refractivity contribution < 1.29 is 24.2 Å². The molecule has 0 bridgehead atoms. The average Bonchev–Trinajstić information content (AvgIpc) is 3.44. The number of unbranched alkanes of at least 4 members (excludes halogenated alkanes) is 47. The van der Waals surface area contributed by atoms with Crippen molar-refractivity contribution in [3.05, 3.63) is 60.8 Å². The molecule has 0 saturated heterocycles. The molecular formula is C73H134O5. The lowest BCUT2D eigenvalue weighted by Crippen LogP contribution is -2.28. The van der Waals surface area contributed by atoms with Crippen LogP contribution in [-0.2, 0) is 19.1 Å². The van der Waals surface area contributed by atoms with Gasteiger partial charge >= 0.3 is 11.9 Å². The lowest BCUT2D eigenvalue weighted by atomic mass is 10.0. The second-order valence-corrected chi connectivity index (χ2v) is 23.6. The first-order valence-corrected chi connectivity index (χ1v) is 34.8. The highest BCUT2D eigenvalue weighted by atomic mass is 16.6. The largest absolute Gasteiger partial charge is 0.462 e. The maximum absolute atomic E-state index is 12.4. The second kappa shape index (κ2) is 68.9. The van der Waals surface area contributed by atoms with E-state index in [9.17, 15) is 14.7 Å². The van der Waals surface area contributed by atoms with Crippen LogP contribution in [0.2, 0.25) is 0 Å². The summed E-state index contributed by atoms with van der Waals surface area (Å²) in [6, 6.07) is 0. The van der Waals surface area contributed by atoms with E-state index in [1.54, 1.807) is 0 Å². The van der Waals surface area contributed by atoms with Gasteiger partial charge in [-0.15, -0.1) is 0 Å². The molecule has 1 unspecified atom stereocenters. The first-order chi connectivity index (χ1) is 38.6. The number of hydrogen-bond acceptors (Lipinski definition) is 5. The summed E-state index contributed by atoms with van der Waals surface area (Å²) >= 11 is 0. The number of aliphatic hydroxyl groups is 1. The number of ether oxygens (including phenoxy) is 2. The van der Waals surface area contributed by atoms with Gasteiger partial charge in [0.25, 0.3) is 0 Å². The first-order valence-electron chi connectivity index (χ1n) is 34.8. The van der Waals surface area contributed by atoms with Crippen LogP contribution < -0.4 is 0 Å². The third-order valence-electron chi connectivity index (χ3n) is 15.8. The molecule has 456 valence electrons. The summed E-state index contributed by atoms with van der Waals surface area (Å²) in [5, 5.41) is 9.70. The molecule has 5 heteroatoms. The van der Waals surface area contributed by atoms with Gasteiger partial charge < -0.3 is 14.6 Å². The Labute approximate surface area is 487 Å². The topological polar surface area (TPSA) is 72.8 Å². The van der Waals surface area contributed by atoms with Crippen molar-refractivity contribution in [1.82, 2.24) is 0 Å². The molecule has 0 spiro atoms. The van der Waals surface area contributed by atoms with Gasteiger partial charge in [-0.2, -0.15) is 0 Å². The van der Waals surface area contributed by atoms with E-state index in [1.165, 1.54) is 283 Å². The molecule has 0 radical (unpaired) electrons. The highest BCUT2D eigenvalue weighted by Gasteiger charge is 2.16. The lowest BCUT2D eigenvalue weighted by molar-refractivity contribution is -0.161. The summed E-state index contributed by atoms with van der Waals surface area (Å²) < 4.78 is 10.8. The Morgan fingerprint density at radius 3 is 0.846 bits per heavy atom. The third-order valence-corrected chi connectivity index (χ3v) is 15.8. The summed E-state index contributed by atoms with van der Waals surface area (Å²) in [4.78, 5) is 24.6. The number of rotatable bonds is 65. The Morgan fingerprint density at radius 2 is 0.551 bits per heavy atom. The lowest BCUT2D eigenvalue weighted by Gasteiger charge is -2.15. The van der Waals surface area contributed by atoms with Gasteiger partial charge in [0.05, 0.1) is 6.61 Å². The zero-order valence-corrected chi connectivity index (χ0v) is 52.4. The highest BCUT2D eigenvalue weighted by Crippen LogP contribution is 2.19. The Hall–Kier alpha value is -2.40. The minimum absolute atomic E-state index is 0.0617. The van der Waals surface area contributed by atoms with Gasteiger partial charge in [0.15, 0.2) is 6.10 Å². The van der Waals surface area contributed by atoms with Gasteiger partial charge in [-0.25, -0.2) is 0 Å². The molecule has 0 aliphatic rings. The summed E-state index contributed by atoms with van der Waals surface area (Å²) in [5.74, 6) is -0.571. The Balaban J connectivity index is 3.39. The molecular weight excluding hydrogens is 957 g/mol. The number of carbonyl (C=O) groups excluding carboxylic acids is 2. The Morgan fingerprint density at radius 1 is 0.308 bits per heavy atom. The second-order valence-electron chi connectivity index (χ2n) is 23.6. The van der Waals surface area contributed by atoms with Crippen LogP contribution in [0.15, 0.2) is 60.8 Å². The van der Waals surface area contributed by atoms with E-state index in [0.29, 0.717) is 12.8 Å². The van der Waals surface area contributed by atoms with Crippen LogP contribution in [0.3, 0.4) is 0 Å². The van der Waals surface area contributed by atoms with E-state index in [0.717, 1.165) is 64.2 Å². The monoisotopic (exact) mass is 1090 g/mol. The fraction of sp³-hybridized carbons (Fsp3) is 0.836. The van der Waals surface area contributed by atoms with Crippen LogP contribution in [0.4, 0.5) is 0 Å². The Kier molecular flexibility index (Phi) is 66.8. The van der Waals surface area contributed by atoms with Gasteiger partial charge in [0.2, 0.25) is 0 Å². The fourth-order valence-corrected chi connectivity index (χ4v) is 10.6. The summed E-state index contributed by atoms with van der Waals surface area (Å²) in [6.07, 6.45) is 94.0. The van der Waals surface area contributed by atoms with E-state index in [-0.39, 0.29) is 25.2 Å². The predicted molar refractivity (Wildman–Crippen MR) is 344 cm³/mol. The van der Waals surface area contributed by atoms with Crippen LogP contribution in [0.1, 0.15) is 373 Å². The van der Waals surface area contributed by atoms with E-state index >= 15 is 0 Å². The average molecular weight is 1090 g/mol. The number of hydrogen-bond donors (Lipinski definition) is 1. The van der Waals surface area contributed by atoms with E-state index in [1.807, 2.05) is 0 Å². The van der Waals surface area contributed by atoms with Crippen molar-refractivity contribution in [1.29, 1.82) is 0 Å². The minimum atomic E-state index is -0.773. The first kappa shape index (κ1) is 75.6. The van der Waals surface area contributed by atoms with Crippen LogP contribution in [-0.4, -0.2) is 36.4 Å². The van der Waals surface area contributed by atoms with Crippen LogP contribution in [0, 0.1) is 0 Å². The maximum Gasteiger partial charge on any atom is 0.306 e. The third kappa shape index (κ3) is 66.1. The number of aliphatic hydroxyl groups excluding tert-OH is 1. The van der Waals surface area contributed by atoms with Crippen molar-refractivity contribution in [2.45, 2.75) is 380 Å². The molecule has 5 nitrogen and oxygen atoms in total. The molecule has 0 amide bonds. The van der Waals surface area contributed by atoms with Crippen LogP contribution >= 0.6 is 0 Å². The molecule has 78 heavy (non-hydrogen) atoms. The zero-order chi connectivity index (χ0) is 56.2. The molecule has 0 aromatic carbocycles. The van der Waals surface area contributed by atoms with Gasteiger partial charge in [-0.3, -0.25) is 9.59 Å². The van der Waals surface area contributed by atoms with Crippen molar-refractivity contribution in [2.75, 3.05) is 13.2 Å². The normalized spacial score (nSPS) is 12.5. The van der Waals surface area contributed by atoms with Gasteiger partial charge in [-0.05, 0) is 77.0 Å². The minimum Gasteiger partial charge on any atom is -0.462 e. The standard InChI is InChI=1S/C73H134O5/c1-3-5-7-9-11-13-15-17-19-21-23-25-27-29-31-33-34-35-36-37-38-40-41-43-45-47-49-51-53-55-57-59-61-63-65-67-72(75)77-70-71(69-74)78-73(76)68-66-64-62-60-58-56-54-52-50-48-46-44-42-39-32-30-28-26-24-22-20-18-16-14-12-10-8-6-4-2/h6,8,12,14,18,20-21,23-24,26,71,74H,3-5,7,9-11,13,15-17,19,22,25,27-70H2,1-2H3/b8-6-,14-12-,20-18-,23-21-,26-24-. The zero-order valence-electron chi connectivity index (χ0n) is 52.4. The molecule has 0 aromatic rings. The number of allylic oxidation sites excluding steroid dienone is 10. The smallest absolute Gasteiger partial charge is 0.306 e. The molecule has 0 saturated carbocycles. The van der Waals surface area contributed by atoms with Crippen molar-refractivity contribution in [3.63, 3.8) is 0 Å². The van der Waals surface area contributed by atoms with Crippen LogP contribution in [0.25, 0.3) is 0 Å². The molecule has 0 aliphatic carbocycles. The van der Waals surface area contributed by atoms with E-state index in [2.05, 4.69) is 74.6 Å². The summed E-state index contributed by atoms with van der Waals surface area (Å²) in [6.45, 7) is 4.08. The highest BCUT2D eigenvalue weighted by molar-refractivity contribution is 5.70. The van der Waals surface area contributed by atoms with Crippen molar-refractivity contribution in [3.8, 4) is 0 Å². The molecule has 0 aliphatic heterocycles. The molecule has 0 fully saturated rings. The summed E-state index contributed by atoms with van der Waals surface area (Å²) in [7, 11) is 0. The predicted octanol–water partition coefficient (Wildman–Crippen LogP) is 24.1.